The third kappa shape index (κ3) is 2.00. The molecule has 76 valence electrons. The van der Waals surface area contributed by atoms with Crippen molar-refractivity contribution < 1.29 is 4.79 Å². The summed E-state index contributed by atoms with van der Waals surface area (Å²) in [6, 6.07) is 0.808. The Labute approximate surface area is 79.5 Å². The van der Waals surface area contributed by atoms with E-state index >= 15 is 0 Å². The molecule has 0 saturated carbocycles. The highest BCUT2D eigenvalue weighted by Gasteiger charge is 1.95. The van der Waals surface area contributed by atoms with Gasteiger partial charge in [0.15, 0.2) is 5.49 Å². The lowest BCUT2D eigenvalue weighted by molar-refractivity contribution is 0.249. The Morgan fingerprint density at radius 2 is 2.21 bits per heavy atom. The monoisotopic (exact) mass is 197 g/mol. The van der Waals surface area contributed by atoms with Crippen molar-refractivity contribution in [2.75, 3.05) is 0 Å². The van der Waals surface area contributed by atoms with E-state index in [1.54, 1.807) is 26.4 Å². The molecule has 0 bridgehead atoms. The second-order valence-corrected chi connectivity index (χ2v) is 2.71. The highest BCUT2D eigenvalue weighted by Crippen LogP contribution is 1.68. The van der Waals surface area contributed by atoms with E-state index in [4.69, 9.17) is 5.73 Å². The van der Waals surface area contributed by atoms with Crippen molar-refractivity contribution in [2.24, 2.45) is 24.9 Å². The lowest BCUT2D eigenvalue weighted by atomic mass is 10.6. The van der Waals surface area contributed by atoms with E-state index in [-0.39, 0.29) is 5.69 Å². The Morgan fingerprint density at radius 1 is 1.57 bits per heavy atom. The first-order valence-corrected chi connectivity index (χ1v) is 3.84. The topological polar surface area (TPSA) is 94.4 Å². The van der Waals surface area contributed by atoms with Crippen molar-refractivity contribution in [2.45, 2.75) is 0 Å². The summed E-state index contributed by atoms with van der Waals surface area (Å²) in [7, 11) is 3.16. The van der Waals surface area contributed by atoms with E-state index in [1.807, 2.05) is 5.43 Å². The van der Waals surface area contributed by atoms with Gasteiger partial charge in [-0.25, -0.2) is 15.0 Å². The fourth-order valence-electron chi connectivity index (χ4n) is 0.913. The number of aromatic nitrogens is 2. The number of hydrogen-bond acceptors (Lipinski definition) is 3. The van der Waals surface area contributed by atoms with Gasteiger partial charge < -0.3 is 10.3 Å². The molecule has 1 heterocycles. The van der Waals surface area contributed by atoms with E-state index in [0.717, 1.165) is 0 Å². The predicted octanol–water partition coefficient (Wildman–Crippen LogP) is -1.79. The first kappa shape index (κ1) is 10.0. The summed E-state index contributed by atoms with van der Waals surface area (Å²) >= 11 is 0. The number of nitrogens with two attached hydrogens (primary N) is 1. The van der Waals surface area contributed by atoms with Crippen molar-refractivity contribution in [3.8, 4) is 0 Å². The summed E-state index contributed by atoms with van der Waals surface area (Å²) in [5.74, 6) is 0. The van der Waals surface area contributed by atoms with Crippen LogP contribution in [0.5, 0.6) is 0 Å². The summed E-state index contributed by atoms with van der Waals surface area (Å²) in [5, 5.41) is 3.63. The van der Waals surface area contributed by atoms with Gasteiger partial charge in [-0.3, -0.25) is 4.57 Å². The van der Waals surface area contributed by atoms with Gasteiger partial charge in [0.2, 0.25) is 0 Å². The van der Waals surface area contributed by atoms with Crippen LogP contribution in [0.25, 0.3) is 0 Å². The number of aryl methyl sites for hydroxylation is 1. The van der Waals surface area contributed by atoms with Crippen molar-refractivity contribution in [1.29, 1.82) is 0 Å². The van der Waals surface area contributed by atoms with Crippen LogP contribution in [0, 0.1) is 0 Å². The standard InChI is InChI=1S/C7H11N5O2/c1-11-4-3-5(9-10-6(8)13)12(2)7(11)14/h3-4H,1-2H3,(H3,8,10,13). The van der Waals surface area contributed by atoms with Crippen LogP contribution in [0.1, 0.15) is 0 Å². The molecule has 0 unspecified atom stereocenters. The molecule has 7 nitrogen and oxygen atoms in total. The molecule has 0 fully saturated rings. The zero-order valence-corrected chi connectivity index (χ0v) is 7.89. The van der Waals surface area contributed by atoms with Gasteiger partial charge in [-0.1, -0.05) is 0 Å². The number of nitrogens with one attached hydrogen (secondary N) is 1. The third-order valence-corrected chi connectivity index (χ3v) is 1.66. The first-order valence-electron chi connectivity index (χ1n) is 3.84. The van der Waals surface area contributed by atoms with Gasteiger partial charge in [0.05, 0.1) is 0 Å². The van der Waals surface area contributed by atoms with Crippen LogP contribution in [0.2, 0.25) is 0 Å². The van der Waals surface area contributed by atoms with Crippen molar-refractivity contribution in [1.82, 2.24) is 14.6 Å². The molecular formula is C7H11N5O2. The van der Waals surface area contributed by atoms with E-state index < -0.39 is 6.03 Å². The Hall–Kier alpha value is -2.05. The highest BCUT2D eigenvalue weighted by atomic mass is 16.2. The van der Waals surface area contributed by atoms with Gasteiger partial charge in [0.25, 0.3) is 0 Å². The molecule has 3 N–H and O–H groups in total. The maximum Gasteiger partial charge on any atom is 0.332 e. The van der Waals surface area contributed by atoms with Gasteiger partial charge in [0, 0.05) is 20.3 Å². The predicted molar refractivity (Wildman–Crippen MR) is 48.9 cm³/mol. The molecule has 0 aliphatic carbocycles. The minimum atomic E-state index is -0.773. The van der Waals surface area contributed by atoms with Crippen LogP contribution in [0.15, 0.2) is 22.2 Å². The van der Waals surface area contributed by atoms with E-state index in [9.17, 15) is 9.59 Å². The van der Waals surface area contributed by atoms with Crippen LogP contribution in [-0.2, 0) is 14.1 Å². The second kappa shape index (κ2) is 3.77. The molecule has 0 radical (unpaired) electrons. The van der Waals surface area contributed by atoms with Gasteiger partial charge in [0.1, 0.15) is 0 Å². The van der Waals surface area contributed by atoms with Crippen LogP contribution in [-0.4, -0.2) is 15.2 Å². The lowest BCUT2D eigenvalue weighted by Gasteiger charge is -2.01. The molecule has 1 aromatic heterocycles. The first-order chi connectivity index (χ1) is 6.52. The van der Waals surface area contributed by atoms with Gasteiger partial charge in [-0.2, -0.15) is 5.10 Å². The maximum atomic E-state index is 11.4. The van der Waals surface area contributed by atoms with Crippen LogP contribution in [0.4, 0.5) is 4.79 Å². The number of carbonyl (C=O) groups is 1. The minimum Gasteiger partial charge on any atom is -0.350 e. The number of urea groups is 1. The second-order valence-electron chi connectivity index (χ2n) is 2.71. The maximum absolute atomic E-state index is 11.4. The molecule has 0 aromatic carbocycles. The quantitative estimate of drug-likeness (QED) is 0.520. The number of hydrogen-bond donors (Lipinski definition) is 2. The van der Waals surface area contributed by atoms with E-state index in [1.165, 1.54) is 9.13 Å². The number of nitrogens with zero attached hydrogens (tertiary/aromatic N) is 3. The normalized spacial score (nSPS) is 11.4. The molecule has 0 atom stereocenters. The molecule has 0 aliphatic heterocycles. The summed E-state index contributed by atoms with van der Waals surface area (Å²) in [5.41, 5.74) is 6.95. The molecule has 14 heavy (non-hydrogen) atoms. The van der Waals surface area contributed by atoms with E-state index in [0.29, 0.717) is 5.49 Å². The molecule has 1 aromatic rings. The average molecular weight is 197 g/mol. The Kier molecular flexibility index (Phi) is 2.70. The zero-order valence-electron chi connectivity index (χ0n) is 7.89. The number of carbonyl (C=O) groups excluding carboxylic acids is 1. The lowest BCUT2D eigenvalue weighted by Crippen LogP contribution is -2.38. The number of amides is 2. The van der Waals surface area contributed by atoms with Gasteiger partial charge in [-0.05, 0) is 6.07 Å². The Morgan fingerprint density at radius 3 is 2.79 bits per heavy atom. The minimum absolute atomic E-state index is 0.238. The van der Waals surface area contributed by atoms with Crippen molar-refractivity contribution in [3.05, 3.63) is 28.2 Å². The third-order valence-electron chi connectivity index (χ3n) is 1.66. The molecule has 0 saturated heterocycles. The molecule has 0 spiro atoms. The van der Waals surface area contributed by atoms with Crippen molar-refractivity contribution in [3.63, 3.8) is 0 Å². The summed E-state index contributed by atoms with van der Waals surface area (Å²) < 4.78 is 2.68. The largest absolute Gasteiger partial charge is 0.350 e. The molecular weight excluding hydrogens is 186 g/mol. The van der Waals surface area contributed by atoms with Crippen LogP contribution >= 0.6 is 0 Å². The summed E-state index contributed by atoms with van der Waals surface area (Å²) in [6.07, 6.45) is 1.55. The highest BCUT2D eigenvalue weighted by molar-refractivity contribution is 5.70. The smallest absolute Gasteiger partial charge is 0.332 e. The van der Waals surface area contributed by atoms with Crippen LogP contribution < -0.4 is 22.3 Å². The number of rotatable bonds is 1. The zero-order chi connectivity index (χ0) is 10.7. The number of primary amides is 1. The molecule has 2 amide bonds. The van der Waals surface area contributed by atoms with Gasteiger partial charge in [-0.15, -0.1) is 0 Å². The molecule has 1 rings (SSSR count). The molecule has 0 aliphatic rings. The van der Waals surface area contributed by atoms with Crippen molar-refractivity contribution >= 4 is 6.03 Å². The summed E-state index contributed by atoms with van der Waals surface area (Å²) in [4.78, 5) is 21.7. The average Bonchev–Trinajstić information content (AvgIpc) is 2.13. The van der Waals surface area contributed by atoms with Crippen LogP contribution in [0.3, 0.4) is 0 Å². The molecule has 7 heteroatoms. The van der Waals surface area contributed by atoms with E-state index in [2.05, 4.69) is 5.10 Å². The fourth-order valence-corrected chi connectivity index (χ4v) is 0.913. The van der Waals surface area contributed by atoms with Gasteiger partial charge >= 0.3 is 11.7 Å². The Bertz CT molecular complexity index is 470. The Balaban J connectivity index is 3.24. The SMILES string of the molecule is Cn1ccc(=NNC(N)=O)n(C)c1=O. The summed E-state index contributed by atoms with van der Waals surface area (Å²) in [6.45, 7) is 0. The fraction of sp³-hybridized carbons (Fsp3) is 0.286.